The molecule has 0 spiro atoms. The van der Waals surface area contributed by atoms with Gasteiger partial charge in [0.1, 0.15) is 23.4 Å². The molecule has 208 valence electrons. The molecule has 38 heavy (non-hydrogen) atoms. The number of hydrogen-bond acceptors (Lipinski definition) is 7. The number of epoxide rings is 1. The second kappa shape index (κ2) is 12.3. The number of hydrogen-bond donors (Lipinski definition) is 2. The minimum absolute atomic E-state index is 0.0460. The van der Waals surface area contributed by atoms with E-state index in [1.165, 1.54) is 0 Å². The fourth-order valence-electron chi connectivity index (χ4n) is 4.94. The van der Waals surface area contributed by atoms with Crippen LogP contribution in [0.5, 0.6) is 5.75 Å². The zero-order chi connectivity index (χ0) is 27.3. The highest BCUT2D eigenvalue weighted by Gasteiger charge is 2.50. The first-order valence-electron chi connectivity index (χ1n) is 13.6. The molecule has 4 rings (SSSR count). The van der Waals surface area contributed by atoms with Gasteiger partial charge in [0.15, 0.2) is 5.78 Å². The number of benzene rings is 1. The highest BCUT2D eigenvalue weighted by Crippen LogP contribution is 2.30. The summed E-state index contributed by atoms with van der Waals surface area (Å²) in [5.41, 5.74) is -0.462. The van der Waals surface area contributed by atoms with E-state index in [0.29, 0.717) is 69.8 Å². The molecule has 0 saturated carbocycles. The van der Waals surface area contributed by atoms with E-state index in [1.807, 2.05) is 19.9 Å². The number of nitrogens with one attached hydrogen (secondary N) is 2. The van der Waals surface area contributed by atoms with Gasteiger partial charge in [-0.1, -0.05) is 26.0 Å². The summed E-state index contributed by atoms with van der Waals surface area (Å²) >= 11 is 0. The van der Waals surface area contributed by atoms with Crippen molar-refractivity contribution in [2.45, 2.75) is 76.6 Å². The third-order valence-electron chi connectivity index (χ3n) is 7.23. The van der Waals surface area contributed by atoms with Gasteiger partial charge in [0.25, 0.3) is 5.91 Å². The average Bonchev–Trinajstić information content (AvgIpc) is 3.44. The van der Waals surface area contributed by atoms with Crippen LogP contribution in [0.25, 0.3) is 0 Å². The topological polar surface area (TPSA) is 127 Å². The quantitative estimate of drug-likeness (QED) is 0.539. The summed E-state index contributed by atoms with van der Waals surface area (Å²) in [6.45, 7) is 7.18. The number of rotatable bonds is 6. The second-order valence-corrected chi connectivity index (χ2v) is 10.9. The number of amides is 3. The molecule has 3 aliphatic heterocycles. The standard InChI is InChI=1S/C28H39N3O7/c1-18(2)15-20(24(32)28(3)17-38-28)29-25(33)21-16-36-13-6-7-14-37-23-11-5-4-9-19(23)27(35)31-12-8-10-22(31)26(34)30-21/h4-5,9,11,18,20-22H,6-8,10,12-17H2,1-3H3,(H,29,33)(H,30,34)/t20-,21-,22-,28+/m0/s1. The van der Waals surface area contributed by atoms with Gasteiger partial charge in [-0.25, -0.2) is 0 Å². The molecule has 2 N–H and O–H groups in total. The molecular formula is C28H39N3O7. The smallest absolute Gasteiger partial charge is 0.258 e. The summed E-state index contributed by atoms with van der Waals surface area (Å²) in [6.07, 6.45) is 2.98. The van der Waals surface area contributed by atoms with E-state index in [-0.39, 0.29) is 24.2 Å². The molecule has 0 unspecified atom stereocenters. The Morgan fingerprint density at radius 2 is 1.89 bits per heavy atom. The number of ether oxygens (including phenoxy) is 3. The molecule has 3 aliphatic rings. The first-order valence-corrected chi connectivity index (χ1v) is 13.6. The van der Waals surface area contributed by atoms with Crippen molar-refractivity contribution in [1.82, 2.24) is 15.5 Å². The molecule has 2 fully saturated rings. The minimum atomic E-state index is -1.01. The Morgan fingerprint density at radius 1 is 1.16 bits per heavy atom. The molecule has 4 atom stereocenters. The maximum Gasteiger partial charge on any atom is 0.258 e. The number of ketones is 1. The van der Waals surface area contributed by atoms with Gasteiger partial charge in [0.2, 0.25) is 11.8 Å². The summed E-state index contributed by atoms with van der Waals surface area (Å²) in [5, 5.41) is 5.66. The lowest BCUT2D eigenvalue weighted by molar-refractivity contribution is -0.135. The van der Waals surface area contributed by atoms with E-state index in [1.54, 1.807) is 30.0 Å². The van der Waals surface area contributed by atoms with Crippen LogP contribution in [0.3, 0.4) is 0 Å². The summed E-state index contributed by atoms with van der Waals surface area (Å²) in [6, 6.07) is 4.59. The lowest BCUT2D eigenvalue weighted by atomic mass is 9.93. The molecule has 1 aromatic rings. The summed E-state index contributed by atoms with van der Waals surface area (Å²) in [5.74, 6) is -0.701. The van der Waals surface area contributed by atoms with Crippen molar-refractivity contribution in [2.75, 3.05) is 33.0 Å². The normalized spacial score (nSPS) is 27.2. The predicted molar refractivity (Wildman–Crippen MR) is 139 cm³/mol. The van der Waals surface area contributed by atoms with Crippen LogP contribution in [0.4, 0.5) is 0 Å². The average molecular weight is 530 g/mol. The van der Waals surface area contributed by atoms with Gasteiger partial charge < -0.3 is 29.7 Å². The lowest BCUT2D eigenvalue weighted by Gasteiger charge is -2.28. The number of carbonyl (C=O) groups is 4. The van der Waals surface area contributed by atoms with Crippen LogP contribution in [0.15, 0.2) is 24.3 Å². The minimum Gasteiger partial charge on any atom is -0.493 e. The van der Waals surface area contributed by atoms with E-state index < -0.39 is 35.5 Å². The summed E-state index contributed by atoms with van der Waals surface area (Å²) in [4.78, 5) is 54.8. The zero-order valence-corrected chi connectivity index (χ0v) is 22.5. The third kappa shape index (κ3) is 6.71. The van der Waals surface area contributed by atoms with Crippen LogP contribution in [-0.2, 0) is 23.9 Å². The fourth-order valence-corrected chi connectivity index (χ4v) is 4.94. The Kier molecular flexibility index (Phi) is 9.04. The van der Waals surface area contributed by atoms with E-state index >= 15 is 0 Å². The molecular weight excluding hydrogens is 490 g/mol. The van der Waals surface area contributed by atoms with Crippen molar-refractivity contribution in [3.63, 3.8) is 0 Å². The SMILES string of the molecule is CC(C)C[C@H](NC(=O)[C@@H]1COCCCCOc2ccccc2C(=O)N2CCC[C@H]2C(=O)N1)C(=O)[C@@]1(C)CO1. The van der Waals surface area contributed by atoms with Crippen molar-refractivity contribution in [3.8, 4) is 5.75 Å². The number of Topliss-reactive ketones (excluding diaryl/α,β-unsaturated/α-hetero) is 1. The number of para-hydroxylation sites is 1. The van der Waals surface area contributed by atoms with Crippen molar-refractivity contribution in [2.24, 2.45) is 5.92 Å². The molecule has 3 heterocycles. The van der Waals surface area contributed by atoms with E-state index in [4.69, 9.17) is 14.2 Å². The van der Waals surface area contributed by atoms with Gasteiger partial charge >= 0.3 is 0 Å². The molecule has 0 bridgehead atoms. The monoisotopic (exact) mass is 529 g/mol. The largest absolute Gasteiger partial charge is 0.493 e. The van der Waals surface area contributed by atoms with E-state index in [2.05, 4.69) is 10.6 Å². The predicted octanol–water partition coefficient (Wildman–Crippen LogP) is 1.85. The molecule has 10 nitrogen and oxygen atoms in total. The molecule has 1 aromatic carbocycles. The van der Waals surface area contributed by atoms with Gasteiger partial charge in [0, 0.05) is 13.2 Å². The first-order chi connectivity index (χ1) is 18.2. The first kappa shape index (κ1) is 28.0. The van der Waals surface area contributed by atoms with Gasteiger partial charge in [-0.3, -0.25) is 19.2 Å². The highest BCUT2D eigenvalue weighted by molar-refractivity contribution is 6.01. The maximum absolute atomic E-state index is 13.5. The Bertz CT molecular complexity index is 1040. The van der Waals surface area contributed by atoms with Crippen LogP contribution in [0, 0.1) is 5.92 Å². The van der Waals surface area contributed by atoms with Crippen LogP contribution in [-0.4, -0.2) is 85.1 Å². The molecule has 0 radical (unpaired) electrons. The van der Waals surface area contributed by atoms with Crippen molar-refractivity contribution >= 4 is 23.5 Å². The number of fused-ring (bicyclic) bond motifs is 2. The molecule has 3 amide bonds. The van der Waals surface area contributed by atoms with Crippen molar-refractivity contribution in [3.05, 3.63) is 29.8 Å². The second-order valence-electron chi connectivity index (χ2n) is 10.9. The van der Waals surface area contributed by atoms with E-state index in [9.17, 15) is 19.2 Å². The van der Waals surface area contributed by atoms with Crippen molar-refractivity contribution < 1.29 is 33.4 Å². The Hall–Kier alpha value is -2.98. The van der Waals surface area contributed by atoms with Gasteiger partial charge in [-0.15, -0.1) is 0 Å². The highest BCUT2D eigenvalue weighted by atomic mass is 16.6. The Morgan fingerprint density at radius 3 is 2.63 bits per heavy atom. The van der Waals surface area contributed by atoms with Gasteiger partial charge in [-0.2, -0.15) is 0 Å². The number of carbonyl (C=O) groups excluding carboxylic acids is 4. The Labute approximate surface area is 223 Å². The number of nitrogens with zero attached hydrogens (tertiary/aromatic N) is 1. The molecule has 10 heteroatoms. The zero-order valence-electron chi connectivity index (χ0n) is 22.5. The van der Waals surface area contributed by atoms with Crippen LogP contribution >= 0.6 is 0 Å². The summed E-state index contributed by atoms with van der Waals surface area (Å²) < 4.78 is 17.0. The van der Waals surface area contributed by atoms with Crippen molar-refractivity contribution in [1.29, 1.82) is 0 Å². The van der Waals surface area contributed by atoms with Crippen LogP contribution in [0.2, 0.25) is 0 Å². The summed E-state index contributed by atoms with van der Waals surface area (Å²) in [7, 11) is 0. The molecule has 2 saturated heterocycles. The van der Waals surface area contributed by atoms with Gasteiger partial charge in [0.05, 0.1) is 31.4 Å². The van der Waals surface area contributed by atoms with Gasteiger partial charge in [-0.05, 0) is 57.1 Å². The Balaban J connectivity index is 1.52. The molecule has 0 aromatic heterocycles. The fraction of sp³-hybridized carbons (Fsp3) is 0.643. The van der Waals surface area contributed by atoms with Crippen LogP contribution < -0.4 is 15.4 Å². The van der Waals surface area contributed by atoms with Crippen LogP contribution in [0.1, 0.15) is 63.2 Å². The third-order valence-corrected chi connectivity index (χ3v) is 7.23. The maximum atomic E-state index is 13.5. The lowest BCUT2D eigenvalue weighted by Crippen LogP contribution is -2.57. The molecule has 0 aliphatic carbocycles. The van der Waals surface area contributed by atoms with E-state index in [0.717, 1.165) is 0 Å².